The lowest BCUT2D eigenvalue weighted by Gasteiger charge is -2.32. The molecule has 0 aliphatic carbocycles. The summed E-state index contributed by atoms with van der Waals surface area (Å²) >= 11 is 0. The number of aryl methyl sites for hydroxylation is 6. The molecule has 0 aromatic heterocycles. The van der Waals surface area contributed by atoms with Crippen LogP contribution in [0.1, 0.15) is 185 Å². The van der Waals surface area contributed by atoms with Gasteiger partial charge < -0.3 is 0 Å². The first-order chi connectivity index (χ1) is 23.3. The predicted molar refractivity (Wildman–Crippen MR) is 229 cm³/mol. The zero-order valence-electron chi connectivity index (χ0n) is 35.1. The summed E-state index contributed by atoms with van der Waals surface area (Å²) in [5, 5.41) is 6.75. The fraction of sp³-hybridized carbons (Fsp3) is 0.500. The average Bonchev–Trinajstić information content (AvgIpc) is 2.99. The molecule has 0 fully saturated rings. The Bertz CT molecular complexity index is 1670. The maximum absolute atomic E-state index is 2.63. The van der Waals surface area contributed by atoms with Crippen molar-refractivity contribution in [3.8, 4) is 0 Å². The molecule has 50 heavy (non-hydrogen) atoms. The Balaban J connectivity index is 2.58. The second-order valence-corrected chi connectivity index (χ2v) is 23.9. The summed E-state index contributed by atoms with van der Waals surface area (Å²) in [6.45, 7) is 43.4. The maximum atomic E-state index is 2.63. The number of rotatable bonds is 10. The van der Waals surface area contributed by atoms with Crippen LogP contribution in [-0.4, -0.2) is 15.8 Å². The molecule has 4 aromatic rings. The molecule has 0 bridgehead atoms. The van der Waals surface area contributed by atoms with Gasteiger partial charge in [0, 0.05) is 0 Å². The summed E-state index contributed by atoms with van der Waals surface area (Å²) < 4.78 is 0. The minimum absolute atomic E-state index is 0.438. The molecule has 4 aromatic carbocycles. The average molecular weight is 701 g/mol. The lowest BCUT2D eigenvalue weighted by molar-refractivity contribution is 0.812. The van der Waals surface area contributed by atoms with E-state index in [4.69, 9.17) is 0 Å². The number of hydrogen-bond acceptors (Lipinski definition) is 0. The van der Waals surface area contributed by atoms with Gasteiger partial charge in [-0.15, -0.1) is 0 Å². The second kappa shape index (κ2) is 15.9. The molecule has 0 aliphatic rings. The van der Waals surface area contributed by atoms with E-state index >= 15 is 0 Å². The molecule has 2 heteroatoms. The summed E-state index contributed by atoms with van der Waals surface area (Å²) in [6.07, 6.45) is 0. The highest BCUT2D eigenvalue weighted by molar-refractivity contribution is 7.20. The van der Waals surface area contributed by atoms with Gasteiger partial charge in [0.05, 0.1) is 15.8 Å². The molecule has 0 heterocycles. The number of benzene rings is 4. The Morgan fingerprint density at radius 1 is 0.300 bits per heavy atom. The smallest absolute Gasteiger partial charge is 0.0587 e. The molecule has 4 rings (SSSR count). The van der Waals surface area contributed by atoms with Gasteiger partial charge in [-0.3, -0.25) is 0 Å². The van der Waals surface area contributed by atoms with Gasteiger partial charge in [-0.05, 0) is 153 Å². The molecule has 0 amide bonds. The van der Waals surface area contributed by atoms with Crippen LogP contribution in [0.25, 0.3) is 0 Å². The molecule has 0 spiro atoms. The van der Waals surface area contributed by atoms with E-state index in [0.29, 0.717) is 35.5 Å². The van der Waals surface area contributed by atoms with Crippen LogP contribution in [0, 0.1) is 41.5 Å². The van der Waals surface area contributed by atoms with E-state index in [0.717, 1.165) is 0 Å². The highest BCUT2D eigenvalue weighted by atomic mass is 28.9. The van der Waals surface area contributed by atoms with Crippen LogP contribution in [0.3, 0.4) is 0 Å². The Morgan fingerprint density at radius 3 is 0.700 bits per heavy atom. The van der Waals surface area contributed by atoms with Crippen molar-refractivity contribution in [2.24, 2.45) is 0 Å². The molecule has 0 atom stereocenters. The van der Waals surface area contributed by atoms with E-state index < -0.39 is 15.8 Å². The highest BCUT2D eigenvalue weighted by Gasteiger charge is 2.32. The molecule has 0 saturated carbocycles. The van der Waals surface area contributed by atoms with E-state index in [2.05, 4.69) is 173 Å². The molecular formula is C48H68Si2. The Labute approximate surface area is 310 Å². The van der Waals surface area contributed by atoms with Crippen molar-refractivity contribution in [3.05, 3.63) is 115 Å². The third-order valence-corrected chi connectivity index (χ3v) is 20.6. The van der Waals surface area contributed by atoms with Gasteiger partial charge in [0.2, 0.25) is 0 Å². The Morgan fingerprint density at radius 2 is 0.520 bits per heavy atom. The van der Waals surface area contributed by atoms with Crippen molar-refractivity contribution in [3.63, 3.8) is 0 Å². The van der Waals surface area contributed by atoms with E-state index in [9.17, 15) is 0 Å². The quantitative estimate of drug-likeness (QED) is 0.144. The molecule has 0 radical (unpaired) electrons. The summed E-state index contributed by atoms with van der Waals surface area (Å²) in [7, 11) is -2.82. The molecule has 268 valence electrons. The lowest BCUT2D eigenvalue weighted by Crippen LogP contribution is -2.57. The first-order valence-corrected chi connectivity index (χ1v) is 23.5. The molecule has 0 N–H and O–H groups in total. The maximum Gasteiger partial charge on any atom is 0.0701 e. The summed E-state index contributed by atoms with van der Waals surface area (Å²) in [6, 6.07) is 20.5. The fourth-order valence-corrected chi connectivity index (χ4v) is 21.4. The van der Waals surface area contributed by atoms with Gasteiger partial charge in [0.15, 0.2) is 0 Å². The lowest BCUT2D eigenvalue weighted by atomic mass is 9.89. The van der Waals surface area contributed by atoms with Crippen molar-refractivity contribution in [1.82, 2.24) is 0 Å². The minimum atomic E-state index is -1.41. The van der Waals surface area contributed by atoms with Gasteiger partial charge in [-0.2, -0.15) is 0 Å². The first-order valence-electron chi connectivity index (χ1n) is 19.5. The molecule has 0 aliphatic heterocycles. The fourth-order valence-electron chi connectivity index (χ4n) is 8.39. The largest absolute Gasteiger partial charge is 0.0701 e. The minimum Gasteiger partial charge on any atom is -0.0587 e. The van der Waals surface area contributed by atoms with Crippen molar-refractivity contribution >= 4 is 36.5 Å². The normalized spacial score (nSPS) is 12.8. The van der Waals surface area contributed by atoms with Crippen LogP contribution in [0.15, 0.2) is 48.5 Å². The van der Waals surface area contributed by atoms with Crippen LogP contribution in [0.4, 0.5) is 0 Å². The first kappa shape index (κ1) is 40.1. The second-order valence-electron chi connectivity index (χ2n) is 17.4. The van der Waals surface area contributed by atoms with Gasteiger partial charge in [-0.25, -0.2) is 0 Å². The van der Waals surface area contributed by atoms with Gasteiger partial charge in [-0.1, -0.05) is 143 Å². The number of hydrogen-bond donors (Lipinski definition) is 0. The van der Waals surface area contributed by atoms with Gasteiger partial charge in [0.1, 0.15) is 0 Å². The Kier molecular flexibility index (Phi) is 12.8. The predicted octanol–water partition coefficient (Wildman–Crippen LogP) is 11.3. The molecule has 0 nitrogen and oxygen atoms in total. The van der Waals surface area contributed by atoms with Gasteiger partial charge >= 0.3 is 0 Å². The highest BCUT2D eigenvalue weighted by Crippen LogP contribution is 2.29. The Hall–Kier alpha value is -2.69. The summed E-state index contributed by atoms with van der Waals surface area (Å²) in [5.74, 6) is 2.74. The molecular weight excluding hydrogens is 633 g/mol. The van der Waals surface area contributed by atoms with Crippen molar-refractivity contribution in [1.29, 1.82) is 0 Å². The summed E-state index contributed by atoms with van der Waals surface area (Å²) in [5.41, 5.74) is 18.0. The third-order valence-electron chi connectivity index (χ3n) is 10.9. The molecule has 0 unspecified atom stereocenters. The zero-order valence-corrected chi connectivity index (χ0v) is 37.1. The standard InChI is InChI=1S/C48H68Si2/c1-27(2)39-23-41(29(5)6)47(42(24-39)30(7)8)49(45-35(15)19-33(13)20-36(45)16)50(46-37(17)21-34(14)22-38(46)18)48-43(31(9)10)25-40(28(3)4)26-44(48)32(11)12/h19-32H,1-18H3/b50-49+. The van der Waals surface area contributed by atoms with Crippen LogP contribution in [0.2, 0.25) is 0 Å². The van der Waals surface area contributed by atoms with Crippen molar-refractivity contribution in [2.45, 2.75) is 160 Å². The van der Waals surface area contributed by atoms with E-state index in [1.165, 1.54) is 44.5 Å². The van der Waals surface area contributed by atoms with Crippen molar-refractivity contribution < 1.29 is 0 Å². The molecule has 0 saturated heterocycles. The topological polar surface area (TPSA) is 0 Å². The zero-order chi connectivity index (χ0) is 37.5. The van der Waals surface area contributed by atoms with Crippen LogP contribution in [0.5, 0.6) is 0 Å². The van der Waals surface area contributed by atoms with Crippen LogP contribution in [-0.2, 0) is 0 Å². The van der Waals surface area contributed by atoms with Gasteiger partial charge in [0.25, 0.3) is 0 Å². The SMILES string of the molecule is Cc1cc(C)c(/[Si](c2c(C(C)C)cc(C(C)C)cc2C(C)C)=[Si](/c2c(C)cc(C)cc2C)c2c(C(C)C)cc(C(C)C)cc2C(C)C)c(C)c1. The third kappa shape index (κ3) is 8.02. The van der Waals surface area contributed by atoms with Crippen molar-refractivity contribution in [2.75, 3.05) is 0 Å². The van der Waals surface area contributed by atoms with Crippen LogP contribution < -0.4 is 20.7 Å². The van der Waals surface area contributed by atoms with Crippen LogP contribution >= 0.6 is 0 Å². The van der Waals surface area contributed by atoms with E-state index in [1.807, 2.05) is 0 Å². The van der Waals surface area contributed by atoms with E-state index in [1.54, 1.807) is 43.0 Å². The van der Waals surface area contributed by atoms with E-state index in [-0.39, 0.29) is 0 Å². The monoisotopic (exact) mass is 700 g/mol. The summed E-state index contributed by atoms with van der Waals surface area (Å²) in [4.78, 5) is 0.